The van der Waals surface area contributed by atoms with E-state index >= 15 is 0 Å². The van der Waals surface area contributed by atoms with E-state index in [-0.39, 0.29) is 16.9 Å². The Balaban J connectivity index is 0.000000316. The summed E-state index contributed by atoms with van der Waals surface area (Å²) in [7, 11) is 2.04. The van der Waals surface area contributed by atoms with Gasteiger partial charge in [0.1, 0.15) is 6.29 Å². The Hall–Kier alpha value is -1.08. The number of halogens is 1. The molecule has 7 heteroatoms. The summed E-state index contributed by atoms with van der Waals surface area (Å²) in [5, 5.41) is 4.18. The molecule has 1 aromatic rings. The lowest BCUT2D eigenvalue weighted by molar-refractivity contribution is -0.132. The normalized spacial score (nSPS) is 29.0. The first-order valence-corrected chi connectivity index (χ1v) is 15.4. The van der Waals surface area contributed by atoms with Gasteiger partial charge in [-0.15, -0.1) is 0 Å². The van der Waals surface area contributed by atoms with Crippen molar-refractivity contribution >= 4 is 35.7 Å². The number of hydrogen-bond donors (Lipinski definition) is 3. The summed E-state index contributed by atoms with van der Waals surface area (Å²) in [6.45, 7) is 14.6. The van der Waals surface area contributed by atoms with Crippen LogP contribution >= 0.6 is 23.5 Å². The highest BCUT2D eigenvalue weighted by Gasteiger charge is 2.47. The van der Waals surface area contributed by atoms with Gasteiger partial charge in [0.05, 0.1) is 5.54 Å². The van der Waals surface area contributed by atoms with Gasteiger partial charge in [0.25, 0.3) is 0 Å². The van der Waals surface area contributed by atoms with E-state index in [1.165, 1.54) is 31.2 Å². The number of aldehydes is 1. The molecule has 4 rings (SSSR count). The fraction of sp³-hybridized carbons (Fsp3) is 0.733. The second-order valence-corrected chi connectivity index (χ2v) is 12.5. The SMILES string of the molecule is CC.CCC.CNC1C(C)CC2CC1CC(C)(C(N)=O)C2.Cc1cc(Cl)ccc1SNC1(C=O)CCC1. The third-order valence-electron chi connectivity index (χ3n) is 7.81. The minimum absolute atomic E-state index is 0.105. The van der Waals surface area contributed by atoms with Gasteiger partial charge < -0.3 is 15.8 Å². The largest absolute Gasteiger partial charge is 0.369 e. The maximum Gasteiger partial charge on any atom is 0.223 e. The summed E-state index contributed by atoms with van der Waals surface area (Å²) < 4.78 is 3.26. The first-order valence-electron chi connectivity index (χ1n) is 14.2. The zero-order valence-electron chi connectivity index (χ0n) is 24.5. The van der Waals surface area contributed by atoms with Gasteiger partial charge in [0.2, 0.25) is 5.91 Å². The molecule has 1 aromatic carbocycles. The Labute approximate surface area is 236 Å². The molecule has 1 amide bonds. The van der Waals surface area contributed by atoms with Crippen LogP contribution in [0.15, 0.2) is 23.1 Å². The van der Waals surface area contributed by atoms with Gasteiger partial charge in [-0.2, -0.15) is 0 Å². The molecule has 3 aliphatic rings. The molecule has 5 unspecified atom stereocenters. The quantitative estimate of drug-likeness (QED) is 0.253. The summed E-state index contributed by atoms with van der Waals surface area (Å²) in [5.74, 6) is 1.96. The smallest absolute Gasteiger partial charge is 0.223 e. The van der Waals surface area contributed by atoms with Crippen LogP contribution < -0.4 is 15.8 Å². The average molecular weight is 554 g/mol. The number of hydrogen-bond acceptors (Lipinski definition) is 5. The second kappa shape index (κ2) is 16.1. The van der Waals surface area contributed by atoms with Crippen LogP contribution in [0.1, 0.15) is 98.5 Å². The van der Waals surface area contributed by atoms with Crippen LogP contribution in [0.2, 0.25) is 5.02 Å². The van der Waals surface area contributed by atoms with E-state index in [4.69, 9.17) is 17.3 Å². The van der Waals surface area contributed by atoms with Crippen LogP contribution in [0.25, 0.3) is 0 Å². The van der Waals surface area contributed by atoms with Gasteiger partial charge in [0, 0.05) is 21.4 Å². The predicted molar refractivity (Wildman–Crippen MR) is 160 cm³/mol. The first-order chi connectivity index (χ1) is 17.5. The number of aryl methyl sites for hydroxylation is 1. The molecular formula is C30H52ClN3O2S. The first kappa shape index (κ1) is 33.9. The van der Waals surface area contributed by atoms with Crippen LogP contribution in [0.4, 0.5) is 0 Å². The van der Waals surface area contributed by atoms with Crippen molar-refractivity contribution in [2.75, 3.05) is 7.05 Å². The van der Waals surface area contributed by atoms with Gasteiger partial charge >= 0.3 is 0 Å². The summed E-state index contributed by atoms with van der Waals surface area (Å²) >= 11 is 7.41. The molecule has 5 nitrogen and oxygen atoms in total. The summed E-state index contributed by atoms with van der Waals surface area (Å²) in [4.78, 5) is 23.7. The topological polar surface area (TPSA) is 84.2 Å². The number of nitrogens with one attached hydrogen (secondary N) is 2. The molecule has 0 spiro atoms. The third kappa shape index (κ3) is 9.56. The number of rotatable bonds is 6. The van der Waals surface area contributed by atoms with Crippen molar-refractivity contribution in [2.24, 2.45) is 28.9 Å². The number of nitrogens with two attached hydrogens (primary N) is 1. The van der Waals surface area contributed by atoms with Crippen LogP contribution in [-0.2, 0) is 9.59 Å². The fourth-order valence-electron chi connectivity index (χ4n) is 5.89. The van der Waals surface area contributed by atoms with E-state index in [9.17, 15) is 9.59 Å². The highest BCUT2D eigenvalue weighted by molar-refractivity contribution is 7.97. The summed E-state index contributed by atoms with van der Waals surface area (Å²) in [6.07, 6.45) is 9.78. The molecule has 4 N–H and O–H groups in total. The minimum atomic E-state index is -0.295. The molecule has 3 fully saturated rings. The summed E-state index contributed by atoms with van der Waals surface area (Å²) in [6, 6.07) is 6.34. The molecule has 212 valence electrons. The maximum atomic E-state index is 11.6. The monoisotopic (exact) mass is 553 g/mol. The van der Waals surface area contributed by atoms with Crippen LogP contribution in [-0.4, -0.2) is 30.8 Å². The van der Waals surface area contributed by atoms with Gasteiger partial charge in [0.15, 0.2) is 0 Å². The molecular weight excluding hydrogens is 502 g/mol. The minimum Gasteiger partial charge on any atom is -0.369 e. The van der Waals surface area contributed by atoms with E-state index in [0.717, 1.165) is 59.8 Å². The van der Waals surface area contributed by atoms with Gasteiger partial charge in [-0.3, -0.25) is 4.79 Å². The average Bonchev–Trinajstić information content (AvgIpc) is 2.82. The lowest BCUT2D eigenvalue weighted by Gasteiger charge is -2.49. The molecule has 3 aliphatic carbocycles. The molecule has 37 heavy (non-hydrogen) atoms. The zero-order valence-corrected chi connectivity index (χ0v) is 26.0. The van der Waals surface area contributed by atoms with Crippen LogP contribution in [0.5, 0.6) is 0 Å². The Bertz CT molecular complexity index is 846. The van der Waals surface area contributed by atoms with E-state index in [1.54, 1.807) is 0 Å². The maximum absolute atomic E-state index is 11.6. The van der Waals surface area contributed by atoms with Crippen molar-refractivity contribution < 1.29 is 9.59 Å². The van der Waals surface area contributed by atoms with E-state index < -0.39 is 0 Å². The Morgan fingerprint density at radius 2 is 1.84 bits per heavy atom. The van der Waals surface area contributed by atoms with Crippen LogP contribution in [0.3, 0.4) is 0 Å². The Morgan fingerprint density at radius 1 is 1.22 bits per heavy atom. The predicted octanol–water partition coefficient (Wildman–Crippen LogP) is 7.33. The lowest BCUT2D eigenvalue weighted by Crippen LogP contribution is -2.52. The number of amides is 1. The van der Waals surface area contributed by atoms with Crippen molar-refractivity contribution in [3.8, 4) is 0 Å². The standard InChI is InChI=1S/C13H24N2O.C12H14ClNOS.C3H8.C2H6/c1-8-4-9-5-10(11(8)15-3)7-13(2,6-9)12(14)16;1-9-7-10(13)3-4-11(9)16-14-12(8-15)5-2-6-12;1-3-2;1-2/h8-11,15H,4-7H2,1-3H3,(H2,14,16);3-4,7-8,14H,2,5-6H2,1H3;3H2,1-2H3;1-2H3. The van der Waals surface area contributed by atoms with Crippen LogP contribution in [0, 0.1) is 30.1 Å². The van der Waals surface area contributed by atoms with Gasteiger partial charge in [-0.05, 0) is 112 Å². The number of carbonyl (C=O) groups excluding carboxylic acids is 2. The molecule has 0 radical (unpaired) electrons. The van der Waals surface area contributed by atoms with Crippen molar-refractivity contribution in [1.82, 2.24) is 10.0 Å². The molecule has 5 atom stereocenters. The molecule has 0 aromatic heterocycles. The zero-order chi connectivity index (χ0) is 28.2. The van der Waals surface area contributed by atoms with Gasteiger partial charge in [-0.25, -0.2) is 4.72 Å². The Morgan fingerprint density at radius 3 is 2.30 bits per heavy atom. The van der Waals surface area contributed by atoms with E-state index in [2.05, 4.69) is 37.7 Å². The fourth-order valence-corrected chi connectivity index (χ4v) is 7.04. The van der Waals surface area contributed by atoms with Crippen molar-refractivity contribution in [3.05, 3.63) is 28.8 Å². The molecule has 0 saturated heterocycles. The van der Waals surface area contributed by atoms with E-state index in [0.29, 0.717) is 17.9 Å². The molecule has 3 saturated carbocycles. The highest BCUT2D eigenvalue weighted by Crippen LogP contribution is 2.50. The van der Waals surface area contributed by atoms with Crippen molar-refractivity contribution in [3.63, 3.8) is 0 Å². The lowest BCUT2D eigenvalue weighted by atomic mass is 9.57. The van der Waals surface area contributed by atoms with Gasteiger partial charge in [-0.1, -0.05) is 59.6 Å². The molecule has 0 heterocycles. The molecule has 0 aliphatic heterocycles. The van der Waals surface area contributed by atoms with Crippen molar-refractivity contribution in [2.45, 2.75) is 116 Å². The summed E-state index contributed by atoms with van der Waals surface area (Å²) in [5.41, 5.74) is 6.14. The highest BCUT2D eigenvalue weighted by atomic mass is 35.5. The number of primary amides is 1. The van der Waals surface area contributed by atoms with Crippen molar-refractivity contribution in [1.29, 1.82) is 0 Å². The number of fused-ring (bicyclic) bond motifs is 2. The number of carbonyl (C=O) groups is 2. The third-order valence-corrected chi connectivity index (χ3v) is 9.24. The molecule has 2 bridgehead atoms. The van der Waals surface area contributed by atoms with E-state index in [1.807, 2.05) is 46.0 Å². The number of benzene rings is 1. The second-order valence-electron chi connectivity index (χ2n) is 11.2. The Kier molecular flexibility index (Phi) is 14.8.